The Morgan fingerprint density at radius 3 is 2.30 bits per heavy atom. The molecule has 2 aromatic rings. The molecule has 27 heavy (non-hydrogen) atoms. The van der Waals surface area contributed by atoms with Gasteiger partial charge in [-0.15, -0.1) is 0 Å². The monoisotopic (exact) mass is 365 g/mol. The fourth-order valence-electron chi connectivity index (χ4n) is 3.02. The van der Waals surface area contributed by atoms with Crippen LogP contribution in [0.15, 0.2) is 65.4 Å². The SMILES string of the molecule is COC(=O)C1=C(C)N(Cc2ccc(C)cc2)C(=O)C1=Cc1ccc(F)cc1. The molecule has 2 aromatic carbocycles. The highest BCUT2D eigenvalue weighted by atomic mass is 19.1. The number of allylic oxidation sites excluding steroid dienone is 1. The van der Waals surface area contributed by atoms with E-state index in [2.05, 4.69) is 0 Å². The van der Waals surface area contributed by atoms with E-state index in [-0.39, 0.29) is 22.9 Å². The zero-order chi connectivity index (χ0) is 19.6. The highest BCUT2D eigenvalue weighted by Crippen LogP contribution is 2.32. The first kappa shape index (κ1) is 18.6. The van der Waals surface area contributed by atoms with Gasteiger partial charge in [-0.2, -0.15) is 0 Å². The van der Waals surface area contributed by atoms with Gasteiger partial charge >= 0.3 is 5.97 Å². The van der Waals surface area contributed by atoms with E-state index in [4.69, 9.17) is 4.74 Å². The minimum absolute atomic E-state index is 0.235. The molecular formula is C22H20FNO3. The lowest BCUT2D eigenvalue weighted by Gasteiger charge is -2.18. The van der Waals surface area contributed by atoms with Gasteiger partial charge in [0, 0.05) is 5.70 Å². The molecule has 0 aliphatic carbocycles. The third-order valence-electron chi connectivity index (χ3n) is 4.54. The molecule has 0 saturated carbocycles. The Kier molecular flexibility index (Phi) is 5.21. The predicted octanol–water partition coefficient (Wildman–Crippen LogP) is 4.01. The Bertz CT molecular complexity index is 941. The van der Waals surface area contributed by atoms with E-state index in [1.54, 1.807) is 30.0 Å². The molecule has 138 valence electrons. The lowest BCUT2D eigenvalue weighted by atomic mass is 10.0. The van der Waals surface area contributed by atoms with Crippen LogP contribution in [0.4, 0.5) is 4.39 Å². The number of nitrogens with zero attached hydrogens (tertiary/aromatic N) is 1. The molecule has 5 heteroatoms. The highest BCUT2D eigenvalue weighted by molar-refractivity contribution is 6.16. The first-order valence-electron chi connectivity index (χ1n) is 8.55. The lowest BCUT2D eigenvalue weighted by Crippen LogP contribution is -2.24. The standard InChI is InChI=1S/C22H20FNO3/c1-14-4-6-17(7-5-14)13-24-15(2)20(22(26)27-3)19(21(24)25)12-16-8-10-18(23)11-9-16/h4-12H,13H2,1-3H3. The number of carbonyl (C=O) groups is 2. The van der Waals surface area contributed by atoms with Crippen LogP contribution >= 0.6 is 0 Å². The molecule has 0 aromatic heterocycles. The summed E-state index contributed by atoms with van der Waals surface area (Å²) in [5, 5.41) is 0. The number of aryl methyl sites for hydroxylation is 1. The minimum Gasteiger partial charge on any atom is -0.465 e. The van der Waals surface area contributed by atoms with Crippen molar-refractivity contribution in [1.29, 1.82) is 0 Å². The Morgan fingerprint density at radius 2 is 1.70 bits per heavy atom. The second kappa shape index (κ2) is 7.58. The van der Waals surface area contributed by atoms with Crippen LogP contribution in [0, 0.1) is 12.7 Å². The van der Waals surface area contributed by atoms with Crippen LogP contribution in [0.3, 0.4) is 0 Å². The van der Waals surface area contributed by atoms with Crippen LogP contribution in [0.2, 0.25) is 0 Å². The Labute approximate surface area is 157 Å². The molecule has 1 heterocycles. The van der Waals surface area contributed by atoms with Crippen molar-refractivity contribution < 1.29 is 18.7 Å². The number of halogens is 1. The number of ether oxygens (including phenoxy) is 1. The average Bonchev–Trinajstić information content (AvgIpc) is 2.89. The quantitative estimate of drug-likeness (QED) is 0.608. The number of methoxy groups -OCH3 is 1. The molecule has 0 saturated heterocycles. The second-order valence-corrected chi connectivity index (χ2v) is 6.44. The molecule has 0 fully saturated rings. The normalized spacial score (nSPS) is 15.6. The van der Waals surface area contributed by atoms with Crippen molar-refractivity contribution in [2.24, 2.45) is 0 Å². The van der Waals surface area contributed by atoms with E-state index in [0.29, 0.717) is 17.8 Å². The van der Waals surface area contributed by atoms with Crippen molar-refractivity contribution in [3.63, 3.8) is 0 Å². The molecule has 0 N–H and O–H groups in total. The predicted molar refractivity (Wildman–Crippen MR) is 101 cm³/mol. The zero-order valence-corrected chi connectivity index (χ0v) is 15.5. The van der Waals surface area contributed by atoms with Crippen LogP contribution in [-0.4, -0.2) is 23.9 Å². The summed E-state index contributed by atoms with van der Waals surface area (Å²) >= 11 is 0. The van der Waals surface area contributed by atoms with Gasteiger partial charge in [-0.05, 0) is 43.2 Å². The molecule has 0 bridgehead atoms. The number of rotatable bonds is 4. The van der Waals surface area contributed by atoms with Crippen molar-refractivity contribution in [3.8, 4) is 0 Å². The minimum atomic E-state index is -0.569. The van der Waals surface area contributed by atoms with Gasteiger partial charge in [-0.25, -0.2) is 9.18 Å². The van der Waals surface area contributed by atoms with Gasteiger partial charge in [0.1, 0.15) is 5.82 Å². The average molecular weight is 365 g/mol. The van der Waals surface area contributed by atoms with Crippen molar-refractivity contribution in [2.75, 3.05) is 7.11 Å². The van der Waals surface area contributed by atoms with Crippen LogP contribution < -0.4 is 0 Å². The zero-order valence-electron chi connectivity index (χ0n) is 15.5. The van der Waals surface area contributed by atoms with Crippen LogP contribution in [0.1, 0.15) is 23.6 Å². The summed E-state index contributed by atoms with van der Waals surface area (Å²) in [5.41, 5.74) is 3.75. The summed E-state index contributed by atoms with van der Waals surface area (Å²) in [7, 11) is 1.28. The summed E-state index contributed by atoms with van der Waals surface area (Å²) < 4.78 is 18.0. The summed E-state index contributed by atoms with van der Waals surface area (Å²) in [6, 6.07) is 13.6. The van der Waals surface area contributed by atoms with Gasteiger partial charge in [-0.1, -0.05) is 42.0 Å². The van der Waals surface area contributed by atoms with E-state index in [0.717, 1.165) is 11.1 Å². The van der Waals surface area contributed by atoms with Crippen LogP contribution in [0.25, 0.3) is 6.08 Å². The van der Waals surface area contributed by atoms with E-state index >= 15 is 0 Å². The number of hydrogen-bond donors (Lipinski definition) is 0. The van der Waals surface area contributed by atoms with Crippen molar-refractivity contribution in [3.05, 3.63) is 87.9 Å². The van der Waals surface area contributed by atoms with E-state index in [9.17, 15) is 14.0 Å². The van der Waals surface area contributed by atoms with E-state index in [1.165, 1.54) is 19.2 Å². The van der Waals surface area contributed by atoms with Gasteiger partial charge in [0.2, 0.25) is 0 Å². The largest absolute Gasteiger partial charge is 0.465 e. The number of benzene rings is 2. The summed E-state index contributed by atoms with van der Waals surface area (Å²) in [4.78, 5) is 26.9. The third kappa shape index (κ3) is 3.82. The van der Waals surface area contributed by atoms with Crippen molar-refractivity contribution >= 4 is 18.0 Å². The van der Waals surface area contributed by atoms with Crippen molar-refractivity contribution in [1.82, 2.24) is 4.90 Å². The Morgan fingerprint density at radius 1 is 1.07 bits per heavy atom. The second-order valence-electron chi connectivity index (χ2n) is 6.44. The van der Waals surface area contributed by atoms with Gasteiger partial charge in [0.15, 0.2) is 0 Å². The number of hydrogen-bond acceptors (Lipinski definition) is 3. The summed E-state index contributed by atoms with van der Waals surface area (Å²) in [5.74, 6) is -1.21. The third-order valence-corrected chi connectivity index (χ3v) is 4.54. The van der Waals surface area contributed by atoms with Crippen molar-refractivity contribution in [2.45, 2.75) is 20.4 Å². The smallest absolute Gasteiger partial charge is 0.340 e. The fraction of sp³-hybridized carbons (Fsp3) is 0.182. The summed E-state index contributed by atoms with van der Waals surface area (Å²) in [6.45, 7) is 4.07. The lowest BCUT2D eigenvalue weighted by molar-refractivity contribution is -0.136. The number of carbonyl (C=O) groups excluding carboxylic acids is 2. The topological polar surface area (TPSA) is 46.6 Å². The maximum atomic E-state index is 13.2. The maximum absolute atomic E-state index is 13.2. The molecule has 0 atom stereocenters. The van der Waals surface area contributed by atoms with Gasteiger partial charge < -0.3 is 9.64 Å². The van der Waals surface area contributed by atoms with Crippen LogP contribution in [0.5, 0.6) is 0 Å². The summed E-state index contributed by atoms with van der Waals surface area (Å²) in [6.07, 6.45) is 1.59. The van der Waals surface area contributed by atoms with Gasteiger partial charge in [-0.3, -0.25) is 4.79 Å². The molecule has 4 nitrogen and oxygen atoms in total. The van der Waals surface area contributed by atoms with E-state index in [1.807, 2.05) is 31.2 Å². The number of amides is 1. The molecular weight excluding hydrogens is 345 g/mol. The molecule has 0 spiro atoms. The maximum Gasteiger partial charge on any atom is 0.340 e. The van der Waals surface area contributed by atoms with Gasteiger partial charge in [0.05, 0.1) is 24.8 Å². The molecule has 3 rings (SSSR count). The molecule has 1 aliphatic rings. The first-order chi connectivity index (χ1) is 12.9. The first-order valence-corrected chi connectivity index (χ1v) is 8.55. The highest BCUT2D eigenvalue weighted by Gasteiger charge is 2.36. The fourth-order valence-corrected chi connectivity index (χ4v) is 3.02. The molecule has 1 aliphatic heterocycles. The Hall–Kier alpha value is -3.21. The van der Waals surface area contributed by atoms with Crippen LogP contribution in [-0.2, 0) is 20.9 Å². The molecule has 0 radical (unpaired) electrons. The van der Waals surface area contributed by atoms with Gasteiger partial charge in [0.25, 0.3) is 5.91 Å². The molecule has 1 amide bonds. The molecule has 0 unspecified atom stereocenters. The number of esters is 1. The Balaban J connectivity index is 2.00. The van der Waals surface area contributed by atoms with E-state index < -0.39 is 5.97 Å².